The predicted octanol–water partition coefficient (Wildman–Crippen LogP) is 5.50. The van der Waals surface area contributed by atoms with E-state index in [-0.39, 0.29) is 4.92 Å². The van der Waals surface area contributed by atoms with Gasteiger partial charge in [-0.3, -0.25) is 10.1 Å². The normalized spacial score (nSPS) is 20.8. The maximum absolute atomic E-state index is 11.4. The summed E-state index contributed by atoms with van der Waals surface area (Å²) in [4.78, 5) is 12.1. The summed E-state index contributed by atoms with van der Waals surface area (Å²) in [6.07, 6.45) is 6.22. The Labute approximate surface area is 138 Å². The average Bonchev–Trinajstić information content (AvgIpc) is 3.03. The summed E-state index contributed by atoms with van der Waals surface area (Å²) in [5.41, 5.74) is 1.40. The molecule has 21 heavy (non-hydrogen) atoms. The van der Waals surface area contributed by atoms with E-state index in [9.17, 15) is 10.1 Å². The minimum absolute atomic E-state index is 0.209. The predicted molar refractivity (Wildman–Crippen MR) is 93.5 cm³/mol. The Balaban J connectivity index is 1.80. The van der Waals surface area contributed by atoms with Crippen LogP contribution in [-0.2, 0) is 0 Å². The van der Waals surface area contributed by atoms with Crippen LogP contribution in [0.4, 0.5) is 5.69 Å². The van der Waals surface area contributed by atoms with E-state index in [1.807, 2.05) is 29.6 Å². The summed E-state index contributed by atoms with van der Waals surface area (Å²) >= 11 is 5.50. The monoisotopic (exact) mass is 341 g/mol. The van der Waals surface area contributed by atoms with Crippen LogP contribution in [0.25, 0.3) is 0 Å². The van der Waals surface area contributed by atoms with Crippen LogP contribution in [0.5, 0.6) is 0 Å². The van der Waals surface area contributed by atoms with Crippen LogP contribution in [0.15, 0.2) is 23.1 Å². The Hall–Kier alpha value is -0.330. The number of thioether (sulfide) groups is 3. The van der Waals surface area contributed by atoms with Gasteiger partial charge in [-0.25, -0.2) is 0 Å². The van der Waals surface area contributed by atoms with Gasteiger partial charge < -0.3 is 0 Å². The quantitative estimate of drug-likeness (QED) is 0.534. The van der Waals surface area contributed by atoms with E-state index in [0.29, 0.717) is 15.5 Å². The smallest absolute Gasteiger partial charge is 0.258 e. The highest BCUT2D eigenvalue weighted by molar-refractivity contribution is 8.19. The van der Waals surface area contributed by atoms with Crippen molar-refractivity contribution in [3.05, 3.63) is 33.9 Å². The number of nitro benzene ring substituents is 1. The van der Waals surface area contributed by atoms with Gasteiger partial charge in [-0.05, 0) is 24.5 Å². The number of nitrogens with zero attached hydrogens (tertiary/aromatic N) is 1. The zero-order valence-electron chi connectivity index (χ0n) is 11.8. The van der Waals surface area contributed by atoms with Gasteiger partial charge in [-0.15, -0.1) is 35.3 Å². The molecular weight excluding hydrogens is 322 g/mol. The Kier molecular flexibility index (Phi) is 5.40. The van der Waals surface area contributed by atoms with Crippen LogP contribution in [0.1, 0.15) is 42.2 Å². The van der Waals surface area contributed by atoms with E-state index >= 15 is 0 Å². The third-order valence-corrected chi connectivity index (χ3v) is 8.43. The molecule has 0 spiro atoms. The van der Waals surface area contributed by atoms with Crippen molar-refractivity contribution in [2.45, 2.75) is 46.8 Å². The van der Waals surface area contributed by atoms with Crippen molar-refractivity contribution in [1.82, 2.24) is 0 Å². The molecule has 0 aromatic heterocycles. The lowest BCUT2D eigenvalue weighted by atomic mass is 10.0. The minimum atomic E-state index is -0.209. The van der Waals surface area contributed by atoms with Gasteiger partial charge in [0.15, 0.2) is 0 Å². The van der Waals surface area contributed by atoms with Crippen LogP contribution >= 0.6 is 35.3 Å². The van der Waals surface area contributed by atoms with Gasteiger partial charge in [0, 0.05) is 22.8 Å². The van der Waals surface area contributed by atoms with Crippen molar-refractivity contribution in [3.63, 3.8) is 0 Å². The van der Waals surface area contributed by atoms with Crippen LogP contribution < -0.4 is 0 Å². The first kappa shape index (κ1) is 15.6. The van der Waals surface area contributed by atoms with Crippen LogP contribution in [0, 0.1) is 10.1 Å². The Morgan fingerprint density at radius 2 is 1.86 bits per heavy atom. The Morgan fingerprint density at radius 3 is 2.52 bits per heavy atom. The summed E-state index contributed by atoms with van der Waals surface area (Å²) in [5.74, 6) is 2.28. The molecular formula is C15H19NO2S3. The molecule has 6 heteroatoms. The molecule has 0 amide bonds. The molecule has 0 unspecified atom stereocenters. The fourth-order valence-corrected chi connectivity index (χ4v) is 7.00. The third-order valence-electron chi connectivity index (χ3n) is 3.92. The van der Waals surface area contributed by atoms with Gasteiger partial charge in [0.25, 0.3) is 5.69 Å². The molecule has 1 saturated carbocycles. The lowest BCUT2D eigenvalue weighted by molar-refractivity contribution is -0.387. The highest BCUT2D eigenvalue weighted by Gasteiger charge is 2.24. The zero-order valence-corrected chi connectivity index (χ0v) is 14.3. The van der Waals surface area contributed by atoms with Crippen molar-refractivity contribution < 1.29 is 4.92 Å². The molecule has 3 nitrogen and oxygen atoms in total. The highest BCUT2D eigenvalue weighted by Crippen LogP contribution is 2.47. The maximum atomic E-state index is 11.4. The van der Waals surface area contributed by atoms with Crippen LogP contribution in [-0.4, -0.2) is 21.7 Å². The summed E-state index contributed by atoms with van der Waals surface area (Å²) in [6.45, 7) is 0. The molecule has 2 fully saturated rings. The Bertz CT molecular complexity index is 512. The molecule has 1 heterocycles. The zero-order chi connectivity index (χ0) is 14.7. The Morgan fingerprint density at radius 1 is 1.14 bits per heavy atom. The molecule has 2 aliphatic rings. The van der Waals surface area contributed by atoms with E-state index in [1.54, 1.807) is 17.8 Å². The molecule has 1 saturated heterocycles. The van der Waals surface area contributed by atoms with E-state index in [2.05, 4.69) is 6.07 Å². The first-order valence-electron chi connectivity index (χ1n) is 7.42. The second-order valence-corrected chi connectivity index (χ2v) is 9.50. The first-order chi connectivity index (χ1) is 10.2. The molecule has 3 rings (SSSR count). The van der Waals surface area contributed by atoms with Gasteiger partial charge >= 0.3 is 0 Å². The number of hydrogen-bond acceptors (Lipinski definition) is 5. The van der Waals surface area contributed by atoms with Gasteiger partial charge in [-0.1, -0.05) is 25.3 Å². The summed E-state index contributed by atoms with van der Waals surface area (Å²) in [6, 6.07) is 5.88. The summed E-state index contributed by atoms with van der Waals surface area (Å²) in [5, 5.41) is 12.0. The summed E-state index contributed by atoms with van der Waals surface area (Å²) in [7, 11) is 0. The molecule has 0 radical (unpaired) electrons. The summed E-state index contributed by atoms with van der Waals surface area (Å²) < 4.78 is 0.373. The first-order valence-corrected chi connectivity index (χ1v) is 10.4. The molecule has 0 N–H and O–H groups in total. The number of benzene rings is 1. The molecule has 0 atom stereocenters. The van der Waals surface area contributed by atoms with E-state index in [1.165, 1.54) is 32.1 Å². The molecule has 1 aromatic carbocycles. The second kappa shape index (κ2) is 7.29. The topological polar surface area (TPSA) is 43.1 Å². The van der Waals surface area contributed by atoms with Crippen molar-refractivity contribution in [3.8, 4) is 0 Å². The average molecular weight is 342 g/mol. The van der Waals surface area contributed by atoms with Gasteiger partial charge in [0.05, 0.1) is 14.4 Å². The SMILES string of the molecule is O=[N+]([O-])c1cc(C2SCCS2)ccc1SC1CCCCC1. The molecule has 1 aromatic rings. The largest absolute Gasteiger partial charge is 0.283 e. The van der Waals surface area contributed by atoms with Crippen molar-refractivity contribution in [2.75, 3.05) is 11.5 Å². The van der Waals surface area contributed by atoms with E-state index in [0.717, 1.165) is 22.0 Å². The molecule has 1 aliphatic carbocycles. The fraction of sp³-hybridized carbons (Fsp3) is 0.600. The van der Waals surface area contributed by atoms with Crippen LogP contribution in [0.3, 0.4) is 0 Å². The lowest BCUT2D eigenvalue weighted by Crippen LogP contribution is -2.08. The molecule has 1 aliphatic heterocycles. The van der Waals surface area contributed by atoms with E-state index < -0.39 is 0 Å². The van der Waals surface area contributed by atoms with Gasteiger partial charge in [0.1, 0.15) is 0 Å². The highest BCUT2D eigenvalue weighted by atomic mass is 32.2. The maximum Gasteiger partial charge on any atom is 0.283 e. The number of rotatable bonds is 4. The standard InChI is InChI=1S/C15H19NO2S3/c17-16(18)13-10-11(15-19-8-9-20-15)6-7-14(13)21-12-4-2-1-3-5-12/h6-7,10,12,15H,1-5,8-9H2. The number of hydrogen-bond donors (Lipinski definition) is 0. The van der Waals surface area contributed by atoms with Gasteiger partial charge in [0.2, 0.25) is 0 Å². The fourth-order valence-electron chi connectivity index (χ4n) is 2.84. The number of nitro groups is 1. The minimum Gasteiger partial charge on any atom is -0.258 e. The van der Waals surface area contributed by atoms with Crippen LogP contribution in [0.2, 0.25) is 0 Å². The van der Waals surface area contributed by atoms with Crippen molar-refractivity contribution >= 4 is 41.0 Å². The molecule has 114 valence electrons. The third kappa shape index (κ3) is 3.90. The second-order valence-electron chi connectivity index (χ2n) is 5.44. The van der Waals surface area contributed by atoms with Crippen molar-refractivity contribution in [2.24, 2.45) is 0 Å². The van der Waals surface area contributed by atoms with Gasteiger partial charge in [-0.2, -0.15) is 0 Å². The van der Waals surface area contributed by atoms with E-state index in [4.69, 9.17) is 0 Å². The molecule has 0 bridgehead atoms. The van der Waals surface area contributed by atoms with Crippen molar-refractivity contribution in [1.29, 1.82) is 0 Å². The lowest BCUT2D eigenvalue weighted by Gasteiger charge is -2.21.